The Labute approximate surface area is 115 Å². The quantitative estimate of drug-likeness (QED) is 0.785. The number of nitrogens with zero attached hydrogens (tertiary/aromatic N) is 1. The average Bonchev–Trinajstić information content (AvgIpc) is 2.38. The second-order valence-electron chi connectivity index (χ2n) is 4.56. The first kappa shape index (κ1) is 15.8. The van der Waals surface area contributed by atoms with Crippen LogP contribution in [0.1, 0.15) is 31.9 Å². The highest BCUT2D eigenvalue weighted by Gasteiger charge is 2.19. The zero-order chi connectivity index (χ0) is 14.3. The highest BCUT2D eigenvalue weighted by molar-refractivity contribution is 5.42. The molecule has 0 bridgehead atoms. The lowest BCUT2D eigenvalue weighted by Crippen LogP contribution is -2.22. The highest BCUT2D eigenvalue weighted by atomic mass is 16.5. The molecule has 0 saturated carbocycles. The molecule has 0 spiro atoms. The predicted molar refractivity (Wildman–Crippen MR) is 76.9 cm³/mol. The molecule has 1 aromatic carbocycles. The fourth-order valence-corrected chi connectivity index (χ4v) is 2.14. The van der Waals surface area contributed by atoms with Gasteiger partial charge in [-0.3, -0.25) is 0 Å². The standard InChI is InChI=1S/C15H25NO3/c1-5-18-12-7-8-15(19-6-2)13(11-12)14(9-10-17)16(3)4/h7-8,11,14,17H,5-6,9-10H2,1-4H3. The molecule has 0 saturated heterocycles. The van der Waals surface area contributed by atoms with Crippen molar-refractivity contribution in [1.82, 2.24) is 4.90 Å². The molecule has 1 unspecified atom stereocenters. The van der Waals surface area contributed by atoms with Crippen LogP contribution in [0, 0.1) is 0 Å². The van der Waals surface area contributed by atoms with E-state index in [2.05, 4.69) is 4.90 Å². The molecule has 0 heterocycles. The van der Waals surface area contributed by atoms with Crippen molar-refractivity contribution in [3.8, 4) is 11.5 Å². The molecule has 108 valence electrons. The Kier molecular flexibility index (Phi) is 6.67. The molecule has 4 nitrogen and oxygen atoms in total. The molecule has 0 radical (unpaired) electrons. The van der Waals surface area contributed by atoms with Gasteiger partial charge in [0.05, 0.1) is 13.2 Å². The maximum Gasteiger partial charge on any atom is 0.124 e. The summed E-state index contributed by atoms with van der Waals surface area (Å²) < 4.78 is 11.2. The monoisotopic (exact) mass is 267 g/mol. The van der Waals surface area contributed by atoms with Crippen LogP contribution < -0.4 is 9.47 Å². The lowest BCUT2D eigenvalue weighted by Gasteiger charge is -2.26. The van der Waals surface area contributed by atoms with Crippen LogP contribution in [0.15, 0.2) is 18.2 Å². The Bertz CT molecular complexity index is 380. The van der Waals surface area contributed by atoms with Gasteiger partial charge in [0, 0.05) is 18.2 Å². The van der Waals surface area contributed by atoms with E-state index in [1.807, 2.05) is 46.1 Å². The van der Waals surface area contributed by atoms with Gasteiger partial charge in [-0.25, -0.2) is 0 Å². The van der Waals surface area contributed by atoms with Gasteiger partial charge < -0.3 is 19.5 Å². The van der Waals surface area contributed by atoms with Crippen molar-refractivity contribution < 1.29 is 14.6 Å². The van der Waals surface area contributed by atoms with Crippen LogP contribution in [-0.2, 0) is 0 Å². The van der Waals surface area contributed by atoms with Gasteiger partial charge in [0.15, 0.2) is 0 Å². The van der Waals surface area contributed by atoms with Gasteiger partial charge in [-0.15, -0.1) is 0 Å². The summed E-state index contributed by atoms with van der Waals surface area (Å²) in [6.07, 6.45) is 0.669. The number of aliphatic hydroxyl groups excluding tert-OH is 1. The molecule has 0 aromatic heterocycles. The number of rotatable bonds is 8. The van der Waals surface area contributed by atoms with E-state index in [0.29, 0.717) is 19.6 Å². The topological polar surface area (TPSA) is 41.9 Å². The second-order valence-corrected chi connectivity index (χ2v) is 4.56. The smallest absolute Gasteiger partial charge is 0.124 e. The van der Waals surface area contributed by atoms with E-state index >= 15 is 0 Å². The van der Waals surface area contributed by atoms with Crippen LogP contribution in [0.5, 0.6) is 11.5 Å². The fraction of sp³-hybridized carbons (Fsp3) is 0.600. The summed E-state index contributed by atoms with van der Waals surface area (Å²) in [5, 5.41) is 9.24. The van der Waals surface area contributed by atoms with Crippen LogP contribution in [0.25, 0.3) is 0 Å². The van der Waals surface area contributed by atoms with E-state index in [4.69, 9.17) is 9.47 Å². The summed E-state index contributed by atoms with van der Waals surface area (Å²) in [6, 6.07) is 5.99. The normalized spacial score (nSPS) is 12.5. The van der Waals surface area contributed by atoms with Crippen molar-refractivity contribution >= 4 is 0 Å². The van der Waals surface area contributed by atoms with Crippen LogP contribution in [0.2, 0.25) is 0 Å². The van der Waals surface area contributed by atoms with Gasteiger partial charge in [0.2, 0.25) is 0 Å². The summed E-state index contributed by atoms with van der Waals surface area (Å²) >= 11 is 0. The average molecular weight is 267 g/mol. The third kappa shape index (κ3) is 4.40. The number of aliphatic hydroxyl groups is 1. The van der Waals surface area contributed by atoms with Gasteiger partial charge in [-0.1, -0.05) is 0 Å². The van der Waals surface area contributed by atoms with Gasteiger partial charge in [0.25, 0.3) is 0 Å². The minimum Gasteiger partial charge on any atom is -0.494 e. The van der Waals surface area contributed by atoms with E-state index in [1.165, 1.54) is 0 Å². The number of benzene rings is 1. The first-order valence-electron chi connectivity index (χ1n) is 6.80. The predicted octanol–water partition coefficient (Wildman–Crippen LogP) is 2.47. The van der Waals surface area contributed by atoms with E-state index < -0.39 is 0 Å². The van der Waals surface area contributed by atoms with E-state index in [-0.39, 0.29) is 12.6 Å². The summed E-state index contributed by atoms with van der Waals surface area (Å²) in [5.41, 5.74) is 1.06. The Morgan fingerprint density at radius 1 is 1.16 bits per heavy atom. The third-order valence-corrected chi connectivity index (χ3v) is 2.98. The summed E-state index contributed by atoms with van der Waals surface area (Å²) in [7, 11) is 4.01. The number of ether oxygens (including phenoxy) is 2. The second kappa shape index (κ2) is 8.02. The van der Waals surface area contributed by atoms with E-state index in [1.54, 1.807) is 0 Å². The summed E-state index contributed by atoms with van der Waals surface area (Å²) in [4.78, 5) is 2.09. The first-order chi connectivity index (χ1) is 9.13. The van der Waals surface area contributed by atoms with Crippen LogP contribution in [0.4, 0.5) is 0 Å². The Hall–Kier alpha value is -1.26. The lowest BCUT2D eigenvalue weighted by atomic mass is 10.0. The number of hydrogen-bond donors (Lipinski definition) is 1. The summed E-state index contributed by atoms with van der Waals surface area (Å²) in [5.74, 6) is 1.70. The van der Waals surface area contributed by atoms with Gasteiger partial charge in [-0.2, -0.15) is 0 Å². The van der Waals surface area contributed by atoms with Gasteiger partial charge >= 0.3 is 0 Å². The molecule has 0 aliphatic rings. The Morgan fingerprint density at radius 2 is 1.84 bits per heavy atom. The van der Waals surface area contributed by atoms with Crippen molar-refractivity contribution in [3.63, 3.8) is 0 Å². The lowest BCUT2D eigenvalue weighted by molar-refractivity contribution is 0.205. The fourth-order valence-electron chi connectivity index (χ4n) is 2.14. The number of hydrogen-bond acceptors (Lipinski definition) is 4. The molecular weight excluding hydrogens is 242 g/mol. The van der Waals surface area contributed by atoms with Crippen LogP contribution >= 0.6 is 0 Å². The molecule has 4 heteroatoms. The third-order valence-electron chi connectivity index (χ3n) is 2.98. The van der Waals surface area contributed by atoms with Crippen LogP contribution in [-0.4, -0.2) is 43.9 Å². The molecule has 1 aromatic rings. The zero-order valence-electron chi connectivity index (χ0n) is 12.3. The zero-order valence-corrected chi connectivity index (χ0v) is 12.3. The molecular formula is C15H25NO3. The van der Waals surface area contributed by atoms with Gasteiger partial charge in [-0.05, 0) is 52.6 Å². The Morgan fingerprint density at radius 3 is 2.37 bits per heavy atom. The van der Waals surface area contributed by atoms with Crippen molar-refractivity contribution in [1.29, 1.82) is 0 Å². The van der Waals surface area contributed by atoms with Crippen molar-refractivity contribution in [2.45, 2.75) is 26.3 Å². The molecule has 19 heavy (non-hydrogen) atoms. The molecule has 1 atom stereocenters. The maximum absolute atomic E-state index is 9.24. The minimum absolute atomic E-state index is 0.118. The molecule has 0 aliphatic heterocycles. The van der Waals surface area contributed by atoms with E-state index in [9.17, 15) is 5.11 Å². The SMILES string of the molecule is CCOc1ccc(OCC)c(C(CCO)N(C)C)c1. The van der Waals surface area contributed by atoms with E-state index in [0.717, 1.165) is 17.1 Å². The maximum atomic E-state index is 9.24. The Balaban J connectivity index is 3.12. The minimum atomic E-state index is 0.118. The molecule has 1 rings (SSSR count). The largest absolute Gasteiger partial charge is 0.494 e. The molecule has 0 aliphatic carbocycles. The first-order valence-corrected chi connectivity index (χ1v) is 6.80. The molecule has 0 fully saturated rings. The van der Waals surface area contributed by atoms with Crippen molar-refractivity contribution in [2.24, 2.45) is 0 Å². The summed E-state index contributed by atoms with van der Waals surface area (Å²) in [6.45, 7) is 5.35. The highest BCUT2D eigenvalue weighted by Crippen LogP contribution is 2.33. The molecule has 1 N–H and O–H groups in total. The molecule has 0 amide bonds. The van der Waals surface area contributed by atoms with Crippen LogP contribution in [0.3, 0.4) is 0 Å². The van der Waals surface area contributed by atoms with Crippen molar-refractivity contribution in [3.05, 3.63) is 23.8 Å². The van der Waals surface area contributed by atoms with Gasteiger partial charge in [0.1, 0.15) is 11.5 Å². The van der Waals surface area contributed by atoms with Crippen molar-refractivity contribution in [2.75, 3.05) is 33.9 Å².